The van der Waals surface area contributed by atoms with Gasteiger partial charge in [0.05, 0.1) is 12.3 Å². The van der Waals surface area contributed by atoms with E-state index in [1.54, 1.807) is 12.5 Å². The Kier molecular flexibility index (Phi) is 4.29. The summed E-state index contributed by atoms with van der Waals surface area (Å²) in [6.07, 6.45) is 6.55. The molecule has 1 aliphatic heterocycles. The quantitative estimate of drug-likeness (QED) is 0.858. The molecule has 0 spiro atoms. The highest BCUT2D eigenvalue weighted by atomic mass is 16.3. The standard InChI is InChI=1S/C16H22N4O2/c1-18-9-10-20(12-14(18)16-17-7-8-19(16)2)15(21)6-5-13-4-3-11-22-13/h3-4,7-8,11,14H,5-6,9-10,12H2,1-2H3/t14-/m0/s1. The number of hydrogen-bond donors (Lipinski definition) is 0. The van der Waals surface area contributed by atoms with E-state index in [-0.39, 0.29) is 11.9 Å². The molecule has 1 fully saturated rings. The highest BCUT2D eigenvalue weighted by Crippen LogP contribution is 2.23. The molecule has 3 heterocycles. The Morgan fingerprint density at radius 2 is 2.27 bits per heavy atom. The fraction of sp³-hybridized carbons (Fsp3) is 0.500. The molecule has 0 radical (unpaired) electrons. The van der Waals surface area contributed by atoms with Gasteiger partial charge in [0, 0.05) is 51.9 Å². The van der Waals surface area contributed by atoms with E-state index in [0.29, 0.717) is 19.4 Å². The summed E-state index contributed by atoms with van der Waals surface area (Å²) >= 11 is 0. The van der Waals surface area contributed by atoms with E-state index < -0.39 is 0 Å². The summed E-state index contributed by atoms with van der Waals surface area (Å²) in [5.74, 6) is 2.05. The summed E-state index contributed by atoms with van der Waals surface area (Å²) < 4.78 is 7.32. The molecular weight excluding hydrogens is 280 g/mol. The smallest absolute Gasteiger partial charge is 0.223 e. The van der Waals surface area contributed by atoms with Crippen molar-refractivity contribution in [1.29, 1.82) is 0 Å². The van der Waals surface area contributed by atoms with E-state index in [0.717, 1.165) is 24.7 Å². The fourth-order valence-corrected chi connectivity index (χ4v) is 2.92. The van der Waals surface area contributed by atoms with E-state index in [9.17, 15) is 4.79 Å². The van der Waals surface area contributed by atoms with Crippen LogP contribution in [0.25, 0.3) is 0 Å². The van der Waals surface area contributed by atoms with E-state index in [4.69, 9.17) is 4.42 Å². The summed E-state index contributed by atoms with van der Waals surface area (Å²) in [7, 11) is 4.08. The number of rotatable bonds is 4. The van der Waals surface area contributed by atoms with Crippen LogP contribution in [0.2, 0.25) is 0 Å². The van der Waals surface area contributed by atoms with Gasteiger partial charge in [-0.15, -0.1) is 0 Å². The number of imidazole rings is 1. The number of furan rings is 1. The summed E-state index contributed by atoms with van der Waals surface area (Å²) in [5.41, 5.74) is 0. The lowest BCUT2D eigenvalue weighted by Gasteiger charge is -2.39. The minimum Gasteiger partial charge on any atom is -0.469 e. The number of hydrogen-bond acceptors (Lipinski definition) is 4. The Morgan fingerprint density at radius 3 is 2.95 bits per heavy atom. The number of carbonyl (C=O) groups excluding carboxylic acids is 1. The number of likely N-dealkylation sites (N-methyl/N-ethyl adjacent to an activating group) is 1. The maximum absolute atomic E-state index is 12.4. The van der Waals surface area contributed by atoms with Gasteiger partial charge in [-0.25, -0.2) is 4.98 Å². The predicted octanol–water partition coefficient (Wildman–Crippen LogP) is 1.46. The lowest BCUT2D eigenvalue weighted by atomic mass is 10.1. The zero-order valence-electron chi connectivity index (χ0n) is 13.1. The maximum atomic E-state index is 12.4. The van der Waals surface area contributed by atoms with Crippen molar-refractivity contribution in [1.82, 2.24) is 19.4 Å². The molecule has 0 bridgehead atoms. The number of piperazine rings is 1. The third kappa shape index (κ3) is 3.06. The zero-order valence-corrected chi connectivity index (χ0v) is 13.1. The lowest BCUT2D eigenvalue weighted by molar-refractivity contribution is -0.134. The molecule has 1 saturated heterocycles. The van der Waals surface area contributed by atoms with Crippen LogP contribution in [0, 0.1) is 0 Å². The normalized spacial score (nSPS) is 19.5. The van der Waals surface area contributed by atoms with Crippen LogP contribution >= 0.6 is 0 Å². The second kappa shape index (κ2) is 6.36. The molecule has 0 saturated carbocycles. The highest BCUT2D eigenvalue weighted by Gasteiger charge is 2.30. The third-order valence-corrected chi connectivity index (χ3v) is 4.32. The maximum Gasteiger partial charge on any atom is 0.223 e. The van der Waals surface area contributed by atoms with Gasteiger partial charge in [0.25, 0.3) is 0 Å². The number of amides is 1. The van der Waals surface area contributed by atoms with Crippen molar-refractivity contribution < 1.29 is 9.21 Å². The number of aromatic nitrogens is 2. The molecule has 6 heteroatoms. The minimum absolute atomic E-state index is 0.154. The fourth-order valence-electron chi connectivity index (χ4n) is 2.92. The van der Waals surface area contributed by atoms with Crippen molar-refractivity contribution in [2.75, 3.05) is 26.7 Å². The third-order valence-electron chi connectivity index (χ3n) is 4.32. The van der Waals surface area contributed by atoms with Gasteiger partial charge >= 0.3 is 0 Å². The average molecular weight is 302 g/mol. The van der Waals surface area contributed by atoms with Gasteiger partial charge in [-0.3, -0.25) is 9.69 Å². The minimum atomic E-state index is 0.154. The van der Waals surface area contributed by atoms with E-state index in [1.165, 1.54) is 0 Å². The summed E-state index contributed by atoms with van der Waals surface area (Å²) in [6, 6.07) is 3.92. The Hall–Kier alpha value is -2.08. The van der Waals surface area contributed by atoms with Gasteiger partial charge < -0.3 is 13.9 Å². The first-order valence-corrected chi connectivity index (χ1v) is 7.63. The molecule has 0 aromatic carbocycles. The summed E-state index contributed by atoms with van der Waals surface area (Å²) in [4.78, 5) is 21.1. The first-order valence-electron chi connectivity index (χ1n) is 7.63. The Morgan fingerprint density at radius 1 is 1.41 bits per heavy atom. The zero-order chi connectivity index (χ0) is 15.5. The van der Waals surface area contributed by atoms with Crippen LogP contribution < -0.4 is 0 Å². The topological polar surface area (TPSA) is 54.5 Å². The van der Waals surface area contributed by atoms with E-state index >= 15 is 0 Å². The molecule has 0 unspecified atom stereocenters. The largest absolute Gasteiger partial charge is 0.469 e. The van der Waals surface area contributed by atoms with Crippen LogP contribution in [0.3, 0.4) is 0 Å². The van der Waals surface area contributed by atoms with Gasteiger partial charge in [0.2, 0.25) is 5.91 Å². The van der Waals surface area contributed by atoms with Gasteiger partial charge in [-0.1, -0.05) is 0 Å². The molecule has 0 aliphatic carbocycles. The van der Waals surface area contributed by atoms with Gasteiger partial charge in [0.1, 0.15) is 11.6 Å². The molecule has 1 atom stereocenters. The average Bonchev–Trinajstić information content (AvgIpc) is 3.17. The van der Waals surface area contributed by atoms with Crippen LogP contribution in [-0.2, 0) is 18.3 Å². The van der Waals surface area contributed by atoms with Gasteiger partial charge in [-0.05, 0) is 19.2 Å². The monoisotopic (exact) mass is 302 g/mol. The van der Waals surface area contributed by atoms with Crippen LogP contribution in [0.15, 0.2) is 35.2 Å². The van der Waals surface area contributed by atoms with Crippen molar-refractivity contribution in [3.8, 4) is 0 Å². The highest BCUT2D eigenvalue weighted by molar-refractivity contribution is 5.76. The van der Waals surface area contributed by atoms with E-state index in [1.807, 2.05) is 34.8 Å². The Balaban J connectivity index is 1.62. The van der Waals surface area contributed by atoms with Crippen LogP contribution in [0.1, 0.15) is 24.0 Å². The molecule has 0 N–H and O–H groups in total. The predicted molar refractivity (Wildman–Crippen MR) is 82.2 cm³/mol. The van der Waals surface area contributed by atoms with Crippen LogP contribution in [-0.4, -0.2) is 51.9 Å². The van der Waals surface area contributed by atoms with Crippen molar-refractivity contribution in [3.63, 3.8) is 0 Å². The second-order valence-electron chi connectivity index (χ2n) is 5.81. The number of aryl methyl sites for hydroxylation is 2. The molecule has 1 amide bonds. The van der Waals surface area contributed by atoms with Crippen LogP contribution in [0.5, 0.6) is 0 Å². The van der Waals surface area contributed by atoms with E-state index in [2.05, 4.69) is 16.9 Å². The van der Waals surface area contributed by atoms with Crippen molar-refractivity contribution in [2.24, 2.45) is 7.05 Å². The Bertz CT molecular complexity index is 620. The second-order valence-corrected chi connectivity index (χ2v) is 5.81. The van der Waals surface area contributed by atoms with Gasteiger partial charge in [0.15, 0.2) is 0 Å². The Labute approximate surface area is 130 Å². The van der Waals surface area contributed by atoms with Crippen molar-refractivity contribution in [2.45, 2.75) is 18.9 Å². The molecule has 6 nitrogen and oxygen atoms in total. The van der Waals surface area contributed by atoms with Crippen molar-refractivity contribution in [3.05, 3.63) is 42.4 Å². The SMILES string of the molecule is CN1CCN(C(=O)CCc2ccco2)C[C@H]1c1nccn1C. The molecule has 3 rings (SSSR count). The number of carbonyl (C=O) groups is 1. The van der Waals surface area contributed by atoms with Crippen LogP contribution in [0.4, 0.5) is 0 Å². The molecule has 22 heavy (non-hydrogen) atoms. The van der Waals surface area contributed by atoms with Gasteiger partial charge in [-0.2, -0.15) is 0 Å². The molecule has 2 aromatic heterocycles. The molecule has 118 valence electrons. The lowest BCUT2D eigenvalue weighted by Crippen LogP contribution is -2.49. The summed E-state index contributed by atoms with van der Waals surface area (Å²) in [6.45, 7) is 2.33. The van der Waals surface area contributed by atoms with Crippen molar-refractivity contribution >= 4 is 5.91 Å². The summed E-state index contributed by atoms with van der Waals surface area (Å²) in [5, 5.41) is 0. The first-order chi connectivity index (χ1) is 10.6. The molecule has 2 aromatic rings. The first kappa shape index (κ1) is 14.8. The molecular formula is C16H22N4O2. The molecule has 1 aliphatic rings. The number of nitrogens with zero attached hydrogens (tertiary/aromatic N) is 4.